The van der Waals surface area contributed by atoms with Gasteiger partial charge in [0, 0.05) is 17.3 Å². The monoisotopic (exact) mass is 302 g/mol. The van der Waals surface area contributed by atoms with Crippen molar-refractivity contribution in [2.24, 2.45) is 5.73 Å². The Labute approximate surface area is 130 Å². The van der Waals surface area contributed by atoms with Crippen molar-refractivity contribution in [1.29, 1.82) is 0 Å². The van der Waals surface area contributed by atoms with E-state index in [9.17, 15) is 0 Å². The van der Waals surface area contributed by atoms with Crippen LogP contribution in [-0.2, 0) is 19.3 Å². The lowest BCUT2D eigenvalue weighted by molar-refractivity contribution is 0.242. The van der Waals surface area contributed by atoms with E-state index in [1.54, 1.807) is 0 Å². The molecular weight excluding hydrogens is 280 g/mol. The number of rotatable bonds is 5. The molecular formula is C17H22N2OS. The van der Waals surface area contributed by atoms with Gasteiger partial charge in [-0.25, -0.2) is 4.98 Å². The van der Waals surface area contributed by atoms with Gasteiger partial charge in [-0.3, -0.25) is 0 Å². The minimum absolute atomic E-state index is 0.00405. The summed E-state index contributed by atoms with van der Waals surface area (Å²) in [7, 11) is 0. The van der Waals surface area contributed by atoms with Crippen LogP contribution in [0.2, 0.25) is 0 Å². The van der Waals surface area contributed by atoms with Crippen LogP contribution < -0.4 is 10.5 Å². The molecule has 4 heteroatoms. The Bertz CT molecular complexity index is 582. The van der Waals surface area contributed by atoms with Crippen molar-refractivity contribution >= 4 is 11.3 Å². The third-order valence-electron chi connectivity index (χ3n) is 3.71. The molecule has 112 valence electrons. The zero-order chi connectivity index (χ0) is 14.8. The predicted octanol–water partition coefficient (Wildman–Crippen LogP) is 3.66. The first-order valence-electron chi connectivity index (χ1n) is 7.61. The summed E-state index contributed by atoms with van der Waals surface area (Å²) in [5.41, 5.74) is 8.77. The Morgan fingerprint density at radius 1 is 1.24 bits per heavy atom. The number of hydrogen-bond donors (Lipinski definition) is 1. The molecule has 1 heterocycles. The maximum Gasteiger partial charge on any atom is 0.119 e. The van der Waals surface area contributed by atoms with Crippen molar-refractivity contribution in [3.05, 3.63) is 45.4 Å². The third-order valence-corrected chi connectivity index (χ3v) is 4.89. The molecule has 1 aliphatic carbocycles. The van der Waals surface area contributed by atoms with Crippen LogP contribution in [0.3, 0.4) is 0 Å². The van der Waals surface area contributed by atoms with Crippen molar-refractivity contribution in [3.63, 3.8) is 0 Å². The van der Waals surface area contributed by atoms with E-state index >= 15 is 0 Å². The molecule has 1 unspecified atom stereocenters. The quantitative estimate of drug-likeness (QED) is 0.917. The summed E-state index contributed by atoms with van der Waals surface area (Å²) in [5.74, 6) is 0.897. The van der Waals surface area contributed by atoms with Crippen LogP contribution in [0.25, 0.3) is 0 Å². The third kappa shape index (κ3) is 3.44. The van der Waals surface area contributed by atoms with Crippen LogP contribution in [0.4, 0.5) is 0 Å². The molecule has 1 atom stereocenters. The smallest absolute Gasteiger partial charge is 0.119 e. The van der Waals surface area contributed by atoms with Gasteiger partial charge in [0.25, 0.3) is 0 Å². The lowest BCUT2D eigenvalue weighted by atomic mass is 10.1. The van der Waals surface area contributed by atoms with E-state index in [2.05, 4.69) is 12.1 Å². The van der Waals surface area contributed by atoms with Crippen molar-refractivity contribution in [1.82, 2.24) is 4.98 Å². The number of aryl methyl sites for hydroxylation is 2. The van der Waals surface area contributed by atoms with Gasteiger partial charge in [-0.15, -0.1) is 11.3 Å². The lowest BCUT2D eigenvalue weighted by Gasteiger charge is -2.13. The van der Waals surface area contributed by atoms with Crippen LogP contribution in [0.1, 0.15) is 47.5 Å². The minimum atomic E-state index is 0.00405. The summed E-state index contributed by atoms with van der Waals surface area (Å²) >= 11 is 1.84. The van der Waals surface area contributed by atoms with Gasteiger partial charge < -0.3 is 10.5 Å². The maximum absolute atomic E-state index is 6.32. The van der Waals surface area contributed by atoms with E-state index in [1.165, 1.54) is 28.4 Å². The van der Waals surface area contributed by atoms with Crippen LogP contribution in [0.5, 0.6) is 5.75 Å². The zero-order valence-corrected chi connectivity index (χ0v) is 13.5. The Hall–Kier alpha value is -1.39. The lowest BCUT2D eigenvalue weighted by Crippen LogP contribution is -2.13. The fourth-order valence-electron chi connectivity index (χ4n) is 2.70. The van der Waals surface area contributed by atoms with Gasteiger partial charge in [0.15, 0.2) is 0 Å². The van der Waals surface area contributed by atoms with Crippen molar-refractivity contribution in [2.45, 2.75) is 51.7 Å². The van der Waals surface area contributed by atoms with Crippen LogP contribution >= 0.6 is 11.3 Å². The van der Waals surface area contributed by atoms with Crippen LogP contribution in [0.15, 0.2) is 24.3 Å². The second-order valence-corrected chi connectivity index (χ2v) is 7.05. The topological polar surface area (TPSA) is 48.1 Å². The molecule has 0 saturated carbocycles. The second kappa shape index (κ2) is 6.16. The number of benzene rings is 1. The SMILES string of the molecule is CC(C)Oc1ccc(C(N)Cc2nc3c(s2)CCC3)cc1. The molecule has 0 saturated heterocycles. The van der Waals surface area contributed by atoms with Gasteiger partial charge in [0.2, 0.25) is 0 Å². The van der Waals surface area contributed by atoms with Crippen molar-refractivity contribution in [2.75, 3.05) is 0 Å². The van der Waals surface area contributed by atoms with Gasteiger partial charge in [-0.1, -0.05) is 12.1 Å². The van der Waals surface area contributed by atoms with Gasteiger partial charge >= 0.3 is 0 Å². The Kier molecular flexibility index (Phi) is 4.27. The van der Waals surface area contributed by atoms with Crippen LogP contribution in [-0.4, -0.2) is 11.1 Å². The summed E-state index contributed by atoms with van der Waals surface area (Å²) < 4.78 is 5.66. The average molecular weight is 302 g/mol. The average Bonchev–Trinajstić information content (AvgIpc) is 2.99. The molecule has 2 aromatic rings. The first kappa shape index (κ1) is 14.5. The number of ether oxygens (including phenoxy) is 1. The molecule has 0 spiro atoms. The Balaban J connectivity index is 1.65. The molecule has 1 aromatic carbocycles. The Morgan fingerprint density at radius 3 is 2.67 bits per heavy atom. The molecule has 0 aliphatic heterocycles. The van der Waals surface area contributed by atoms with Gasteiger partial charge in [0.05, 0.1) is 16.8 Å². The summed E-state index contributed by atoms with van der Waals surface area (Å²) in [6.07, 6.45) is 4.62. The summed E-state index contributed by atoms with van der Waals surface area (Å²) in [4.78, 5) is 6.20. The highest BCUT2D eigenvalue weighted by molar-refractivity contribution is 7.11. The van der Waals surface area contributed by atoms with Crippen molar-refractivity contribution < 1.29 is 4.74 Å². The molecule has 3 nitrogen and oxygen atoms in total. The number of nitrogens with zero attached hydrogens (tertiary/aromatic N) is 1. The van der Waals surface area contributed by atoms with E-state index < -0.39 is 0 Å². The molecule has 3 rings (SSSR count). The fourth-order valence-corrected chi connectivity index (χ4v) is 3.92. The summed E-state index contributed by atoms with van der Waals surface area (Å²) in [5, 5.41) is 1.18. The number of fused-ring (bicyclic) bond motifs is 1. The fraction of sp³-hybridized carbons (Fsp3) is 0.471. The van der Waals surface area contributed by atoms with Crippen molar-refractivity contribution in [3.8, 4) is 5.75 Å². The minimum Gasteiger partial charge on any atom is -0.491 e. The molecule has 1 aromatic heterocycles. The molecule has 1 aliphatic rings. The standard InChI is InChI=1S/C17H22N2OS/c1-11(2)20-13-8-6-12(7-9-13)14(18)10-17-19-15-4-3-5-16(15)21-17/h6-9,11,14H,3-5,10,18H2,1-2H3. The van der Waals surface area contributed by atoms with E-state index in [0.717, 1.165) is 24.2 Å². The molecule has 0 bridgehead atoms. The van der Waals surface area contributed by atoms with Gasteiger partial charge in [0.1, 0.15) is 5.75 Å². The highest BCUT2D eigenvalue weighted by atomic mass is 32.1. The Morgan fingerprint density at radius 2 is 2.00 bits per heavy atom. The predicted molar refractivity (Wildman–Crippen MR) is 87.0 cm³/mol. The van der Waals surface area contributed by atoms with E-state index in [-0.39, 0.29) is 12.1 Å². The highest BCUT2D eigenvalue weighted by Crippen LogP contribution is 2.29. The highest BCUT2D eigenvalue weighted by Gasteiger charge is 2.18. The number of hydrogen-bond acceptors (Lipinski definition) is 4. The summed E-state index contributed by atoms with van der Waals surface area (Å²) in [6, 6.07) is 8.12. The molecule has 2 N–H and O–H groups in total. The van der Waals surface area contributed by atoms with E-state index in [0.29, 0.717) is 0 Å². The maximum atomic E-state index is 6.32. The first-order chi connectivity index (χ1) is 10.1. The summed E-state index contributed by atoms with van der Waals surface area (Å²) in [6.45, 7) is 4.06. The molecule has 21 heavy (non-hydrogen) atoms. The number of thiazole rings is 1. The van der Waals surface area contributed by atoms with E-state index in [1.807, 2.05) is 37.3 Å². The number of aromatic nitrogens is 1. The second-order valence-electron chi connectivity index (χ2n) is 5.88. The molecule has 0 amide bonds. The van der Waals surface area contributed by atoms with E-state index in [4.69, 9.17) is 15.5 Å². The van der Waals surface area contributed by atoms with Gasteiger partial charge in [-0.2, -0.15) is 0 Å². The van der Waals surface area contributed by atoms with Crippen LogP contribution in [0, 0.1) is 0 Å². The largest absolute Gasteiger partial charge is 0.491 e. The number of nitrogens with two attached hydrogens (primary N) is 1. The molecule has 0 radical (unpaired) electrons. The normalized spacial score (nSPS) is 15.2. The molecule has 0 fully saturated rings. The first-order valence-corrected chi connectivity index (χ1v) is 8.43. The van der Waals surface area contributed by atoms with Gasteiger partial charge in [-0.05, 0) is 50.8 Å². The zero-order valence-electron chi connectivity index (χ0n) is 12.6.